The lowest BCUT2D eigenvalue weighted by Gasteiger charge is -2.17. The molecule has 0 saturated carbocycles. The Balaban J connectivity index is 2.76. The van der Waals surface area contributed by atoms with Crippen LogP contribution in [0.25, 0.3) is 5.52 Å². The number of nitrogens with two attached hydrogens (primary N) is 1. The number of nitrogens with zero attached hydrogens (tertiary/aromatic N) is 2. The molecule has 0 radical (unpaired) electrons. The summed E-state index contributed by atoms with van der Waals surface area (Å²) < 4.78 is 1.91. The van der Waals surface area contributed by atoms with Gasteiger partial charge in [-0.15, -0.1) is 0 Å². The molecule has 0 saturated heterocycles. The van der Waals surface area contributed by atoms with Gasteiger partial charge >= 0.3 is 0 Å². The van der Waals surface area contributed by atoms with Gasteiger partial charge in [0.2, 0.25) is 0 Å². The first-order valence-electron chi connectivity index (χ1n) is 4.73. The number of hydrogen-bond acceptors (Lipinski definition) is 2. The van der Waals surface area contributed by atoms with Crippen LogP contribution in [0.4, 0.5) is 5.69 Å². The van der Waals surface area contributed by atoms with E-state index in [1.54, 1.807) is 6.20 Å². The molecule has 0 aliphatic heterocycles. The molecule has 0 fully saturated rings. The van der Waals surface area contributed by atoms with Crippen LogP contribution < -0.4 is 5.73 Å². The van der Waals surface area contributed by atoms with Gasteiger partial charge in [0.15, 0.2) is 0 Å². The molecule has 3 heteroatoms. The van der Waals surface area contributed by atoms with E-state index in [-0.39, 0.29) is 5.41 Å². The van der Waals surface area contributed by atoms with E-state index in [1.165, 1.54) is 5.69 Å². The van der Waals surface area contributed by atoms with E-state index in [9.17, 15) is 0 Å². The number of hydrogen-bond donors (Lipinski definition) is 1. The molecule has 0 bridgehead atoms. The van der Waals surface area contributed by atoms with Crippen LogP contribution in [0.2, 0.25) is 0 Å². The normalized spacial score (nSPS) is 12.2. The highest BCUT2D eigenvalue weighted by atomic mass is 15.2. The highest BCUT2D eigenvalue weighted by molar-refractivity contribution is 5.69. The van der Waals surface area contributed by atoms with Crippen molar-refractivity contribution in [1.82, 2.24) is 9.61 Å². The standard InChI is InChI=1S/C11H15N3/c1-11(2,3)10-5-4-9-8(12)6-7-13-14(9)10/h4-7H,12H2,1-3H3. The summed E-state index contributed by atoms with van der Waals surface area (Å²) in [6.07, 6.45) is 1.73. The fourth-order valence-electron chi connectivity index (χ4n) is 1.61. The lowest BCUT2D eigenvalue weighted by Crippen LogP contribution is -2.15. The van der Waals surface area contributed by atoms with E-state index >= 15 is 0 Å². The molecule has 14 heavy (non-hydrogen) atoms. The Morgan fingerprint density at radius 1 is 1.21 bits per heavy atom. The summed E-state index contributed by atoms with van der Waals surface area (Å²) >= 11 is 0. The van der Waals surface area contributed by atoms with Crippen LogP contribution in [0.1, 0.15) is 26.5 Å². The lowest BCUT2D eigenvalue weighted by molar-refractivity contribution is 0.551. The SMILES string of the molecule is CC(C)(C)c1ccc2c(N)ccnn12. The van der Waals surface area contributed by atoms with Gasteiger partial charge in [-0.25, -0.2) is 4.52 Å². The van der Waals surface area contributed by atoms with Gasteiger partial charge in [-0.05, 0) is 18.2 Å². The Hall–Kier alpha value is -1.51. The molecule has 0 atom stereocenters. The molecular weight excluding hydrogens is 174 g/mol. The molecule has 0 aromatic carbocycles. The third-order valence-electron chi connectivity index (χ3n) is 2.36. The predicted molar refractivity (Wildman–Crippen MR) is 58.3 cm³/mol. The van der Waals surface area contributed by atoms with E-state index in [0.717, 1.165) is 11.2 Å². The number of fused-ring (bicyclic) bond motifs is 1. The number of anilines is 1. The zero-order valence-corrected chi connectivity index (χ0v) is 8.78. The van der Waals surface area contributed by atoms with Gasteiger partial charge < -0.3 is 5.73 Å². The molecule has 0 amide bonds. The van der Waals surface area contributed by atoms with E-state index < -0.39 is 0 Å². The van der Waals surface area contributed by atoms with Gasteiger partial charge in [0, 0.05) is 17.3 Å². The number of rotatable bonds is 0. The van der Waals surface area contributed by atoms with Crippen molar-refractivity contribution in [1.29, 1.82) is 0 Å². The predicted octanol–water partition coefficient (Wildman–Crippen LogP) is 2.21. The van der Waals surface area contributed by atoms with Crippen LogP contribution in [0.15, 0.2) is 24.4 Å². The van der Waals surface area contributed by atoms with Gasteiger partial charge in [-0.3, -0.25) is 0 Å². The first kappa shape index (κ1) is 9.06. The van der Waals surface area contributed by atoms with Crippen molar-refractivity contribution in [2.75, 3.05) is 5.73 Å². The maximum Gasteiger partial charge on any atom is 0.0879 e. The third kappa shape index (κ3) is 1.25. The summed E-state index contributed by atoms with van der Waals surface area (Å²) in [4.78, 5) is 0. The summed E-state index contributed by atoms with van der Waals surface area (Å²) in [5.74, 6) is 0. The monoisotopic (exact) mass is 189 g/mol. The van der Waals surface area contributed by atoms with Crippen molar-refractivity contribution >= 4 is 11.2 Å². The Bertz CT molecular complexity index is 463. The fourth-order valence-corrected chi connectivity index (χ4v) is 1.61. The Morgan fingerprint density at radius 3 is 2.57 bits per heavy atom. The molecular formula is C11H15N3. The molecule has 0 aliphatic rings. The van der Waals surface area contributed by atoms with E-state index in [2.05, 4.69) is 31.9 Å². The minimum absolute atomic E-state index is 0.0905. The first-order valence-corrected chi connectivity index (χ1v) is 4.73. The maximum absolute atomic E-state index is 5.85. The lowest BCUT2D eigenvalue weighted by atomic mass is 9.93. The average molecular weight is 189 g/mol. The summed E-state index contributed by atoms with van der Waals surface area (Å²) in [6.45, 7) is 6.50. The van der Waals surface area contributed by atoms with Crippen molar-refractivity contribution in [2.24, 2.45) is 0 Å². The molecule has 0 unspecified atom stereocenters. The highest BCUT2D eigenvalue weighted by Gasteiger charge is 2.18. The molecule has 2 heterocycles. The number of aromatic nitrogens is 2. The van der Waals surface area contributed by atoms with E-state index in [4.69, 9.17) is 5.73 Å². The maximum atomic E-state index is 5.85. The van der Waals surface area contributed by atoms with Crippen LogP contribution in [0.5, 0.6) is 0 Å². The second kappa shape index (κ2) is 2.74. The zero-order valence-electron chi connectivity index (χ0n) is 8.78. The van der Waals surface area contributed by atoms with Crippen LogP contribution in [-0.2, 0) is 5.41 Å². The summed E-state index contributed by atoms with van der Waals surface area (Å²) in [5.41, 5.74) is 8.88. The largest absolute Gasteiger partial charge is 0.397 e. The third-order valence-corrected chi connectivity index (χ3v) is 2.36. The summed E-state index contributed by atoms with van der Waals surface area (Å²) in [6, 6.07) is 5.92. The van der Waals surface area contributed by atoms with Crippen LogP contribution >= 0.6 is 0 Å². The smallest absolute Gasteiger partial charge is 0.0879 e. The van der Waals surface area contributed by atoms with Crippen molar-refractivity contribution in [3.05, 3.63) is 30.1 Å². The molecule has 74 valence electrons. The Kier molecular flexibility index (Phi) is 1.77. The molecule has 0 spiro atoms. The average Bonchev–Trinajstić information content (AvgIpc) is 2.47. The van der Waals surface area contributed by atoms with Gasteiger partial charge in [0.25, 0.3) is 0 Å². The van der Waals surface area contributed by atoms with Crippen LogP contribution in [0, 0.1) is 0 Å². The molecule has 0 aliphatic carbocycles. The molecule has 2 aromatic heterocycles. The highest BCUT2D eigenvalue weighted by Crippen LogP contribution is 2.25. The van der Waals surface area contributed by atoms with Gasteiger partial charge in [-0.1, -0.05) is 20.8 Å². The molecule has 2 N–H and O–H groups in total. The van der Waals surface area contributed by atoms with Gasteiger partial charge in [-0.2, -0.15) is 5.10 Å². The second-order valence-corrected chi connectivity index (χ2v) is 4.55. The molecule has 2 aromatic rings. The van der Waals surface area contributed by atoms with Crippen molar-refractivity contribution < 1.29 is 0 Å². The topological polar surface area (TPSA) is 43.3 Å². The quantitative estimate of drug-likeness (QED) is 0.690. The first-order chi connectivity index (χ1) is 6.50. The van der Waals surface area contributed by atoms with Crippen molar-refractivity contribution in [3.63, 3.8) is 0 Å². The summed E-state index contributed by atoms with van der Waals surface area (Å²) in [7, 11) is 0. The van der Waals surface area contributed by atoms with Gasteiger partial charge in [0.1, 0.15) is 0 Å². The van der Waals surface area contributed by atoms with Gasteiger partial charge in [0.05, 0.1) is 11.2 Å². The Labute approximate surface area is 83.5 Å². The van der Waals surface area contributed by atoms with E-state index in [1.807, 2.05) is 16.6 Å². The van der Waals surface area contributed by atoms with Crippen LogP contribution in [0.3, 0.4) is 0 Å². The van der Waals surface area contributed by atoms with Crippen molar-refractivity contribution in [3.8, 4) is 0 Å². The molecule has 3 nitrogen and oxygen atoms in total. The number of nitrogen functional groups attached to an aromatic ring is 1. The minimum atomic E-state index is 0.0905. The molecule has 2 rings (SSSR count). The van der Waals surface area contributed by atoms with Crippen LogP contribution in [-0.4, -0.2) is 9.61 Å². The second-order valence-electron chi connectivity index (χ2n) is 4.55. The van der Waals surface area contributed by atoms with Crippen molar-refractivity contribution in [2.45, 2.75) is 26.2 Å². The minimum Gasteiger partial charge on any atom is -0.397 e. The fraction of sp³-hybridized carbons (Fsp3) is 0.364. The Morgan fingerprint density at radius 2 is 1.93 bits per heavy atom. The zero-order chi connectivity index (χ0) is 10.3. The van der Waals surface area contributed by atoms with E-state index in [0.29, 0.717) is 0 Å². The summed E-state index contributed by atoms with van der Waals surface area (Å²) in [5, 5.41) is 4.31.